The Labute approximate surface area is 83.0 Å². The third kappa shape index (κ3) is 2.12. The quantitative estimate of drug-likeness (QED) is 0.555. The molecular formula is C13H22. The molecule has 1 aromatic rings. The summed E-state index contributed by atoms with van der Waals surface area (Å²) in [5, 5.41) is 0. The summed E-state index contributed by atoms with van der Waals surface area (Å²) < 4.78 is 0. The van der Waals surface area contributed by atoms with Gasteiger partial charge in [0, 0.05) is 0 Å². The van der Waals surface area contributed by atoms with Crippen molar-refractivity contribution in [2.75, 3.05) is 0 Å². The molecule has 0 bridgehead atoms. The highest BCUT2D eigenvalue weighted by Crippen LogP contribution is 2.32. The van der Waals surface area contributed by atoms with E-state index in [0.717, 1.165) is 5.92 Å². The van der Waals surface area contributed by atoms with Gasteiger partial charge < -0.3 is 0 Å². The molecule has 0 nitrogen and oxygen atoms in total. The molecule has 0 radical (unpaired) electrons. The van der Waals surface area contributed by atoms with Gasteiger partial charge in [0.1, 0.15) is 0 Å². The van der Waals surface area contributed by atoms with Crippen LogP contribution in [-0.2, 0) is 6.42 Å². The summed E-state index contributed by atoms with van der Waals surface area (Å²) in [6.07, 6.45) is 2.64. The van der Waals surface area contributed by atoms with Crippen LogP contribution in [0.25, 0.3) is 0 Å². The predicted octanol–water partition coefficient (Wildman–Crippen LogP) is 4.32. The molecule has 1 atom stereocenters. The summed E-state index contributed by atoms with van der Waals surface area (Å²) in [5.74, 6) is 0.797. The fourth-order valence-corrected chi connectivity index (χ4v) is 1.96. The predicted molar refractivity (Wildman–Crippen MR) is 61.4 cm³/mol. The van der Waals surface area contributed by atoms with E-state index >= 15 is 0 Å². The summed E-state index contributed by atoms with van der Waals surface area (Å²) in [7, 11) is 0. The van der Waals surface area contributed by atoms with Crippen molar-refractivity contribution in [1.29, 1.82) is 0 Å². The molecule has 1 unspecified atom stereocenters. The smallest absolute Gasteiger partial charge is 0.0184 e. The van der Waals surface area contributed by atoms with E-state index in [1.807, 2.05) is 0 Å². The van der Waals surface area contributed by atoms with Crippen molar-refractivity contribution in [3.63, 3.8) is 0 Å². The Kier molecular flexibility index (Phi) is 4.19. The molecule has 0 saturated carbocycles. The standard InChI is InChI=1S/C11H14.2CH4/c1-8-3-6-11-9(2)4-5-10(11)7-8;;/h3,6-7,9H,4-5H2,1-2H3;2*1H4. The second-order valence-corrected chi connectivity index (χ2v) is 3.64. The minimum atomic E-state index is 0. The van der Waals surface area contributed by atoms with Gasteiger partial charge in [-0.15, -0.1) is 0 Å². The summed E-state index contributed by atoms with van der Waals surface area (Å²) in [4.78, 5) is 0. The van der Waals surface area contributed by atoms with Crippen molar-refractivity contribution in [2.45, 2.75) is 47.5 Å². The fraction of sp³-hybridized carbons (Fsp3) is 0.538. The van der Waals surface area contributed by atoms with E-state index in [2.05, 4.69) is 32.0 Å². The van der Waals surface area contributed by atoms with Gasteiger partial charge in [-0.3, -0.25) is 0 Å². The van der Waals surface area contributed by atoms with Crippen LogP contribution in [-0.4, -0.2) is 0 Å². The lowest BCUT2D eigenvalue weighted by molar-refractivity contribution is 0.747. The highest BCUT2D eigenvalue weighted by atomic mass is 14.2. The summed E-state index contributed by atoms with van der Waals surface area (Å²) >= 11 is 0. The minimum absolute atomic E-state index is 0. The van der Waals surface area contributed by atoms with E-state index in [-0.39, 0.29) is 14.9 Å². The Morgan fingerprint density at radius 1 is 1.23 bits per heavy atom. The van der Waals surface area contributed by atoms with Gasteiger partial charge in [-0.1, -0.05) is 45.5 Å². The third-order valence-corrected chi connectivity index (χ3v) is 2.68. The van der Waals surface area contributed by atoms with Gasteiger partial charge in [0.2, 0.25) is 0 Å². The third-order valence-electron chi connectivity index (χ3n) is 2.68. The van der Waals surface area contributed by atoms with E-state index < -0.39 is 0 Å². The first-order valence-electron chi connectivity index (χ1n) is 4.37. The van der Waals surface area contributed by atoms with Crippen LogP contribution in [0.3, 0.4) is 0 Å². The van der Waals surface area contributed by atoms with E-state index in [1.54, 1.807) is 11.1 Å². The van der Waals surface area contributed by atoms with Crippen LogP contribution in [0.1, 0.15) is 50.8 Å². The first-order chi connectivity index (χ1) is 5.27. The Morgan fingerprint density at radius 3 is 2.62 bits per heavy atom. The Hall–Kier alpha value is -0.780. The summed E-state index contributed by atoms with van der Waals surface area (Å²) in [6.45, 7) is 4.49. The van der Waals surface area contributed by atoms with Gasteiger partial charge >= 0.3 is 0 Å². The number of hydrogen-bond donors (Lipinski definition) is 0. The van der Waals surface area contributed by atoms with Crippen LogP contribution < -0.4 is 0 Å². The number of fused-ring (bicyclic) bond motifs is 1. The van der Waals surface area contributed by atoms with Crippen LogP contribution in [0.2, 0.25) is 0 Å². The molecule has 74 valence electrons. The Bertz CT molecular complexity index is 273. The molecule has 0 fully saturated rings. The number of benzene rings is 1. The van der Waals surface area contributed by atoms with Crippen LogP contribution in [0.4, 0.5) is 0 Å². The molecule has 0 aliphatic heterocycles. The van der Waals surface area contributed by atoms with Gasteiger partial charge in [-0.25, -0.2) is 0 Å². The zero-order chi connectivity index (χ0) is 7.84. The molecule has 0 heterocycles. The molecule has 13 heavy (non-hydrogen) atoms. The molecule has 1 aromatic carbocycles. The molecule has 1 aliphatic carbocycles. The fourth-order valence-electron chi connectivity index (χ4n) is 1.96. The number of aryl methyl sites for hydroxylation is 2. The minimum Gasteiger partial charge on any atom is -0.0776 e. The lowest BCUT2D eigenvalue weighted by Gasteiger charge is -2.03. The molecule has 1 aliphatic rings. The van der Waals surface area contributed by atoms with E-state index in [9.17, 15) is 0 Å². The SMILES string of the molecule is C.C.Cc1ccc2c(c1)CCC2C. The lowest BCUT2D eigenvalue weighted by Crippen LogP contribution is -1.85. The highest BCUT2D eigenvalue weighted by Gasteiger charge is 2.17. The Morgan fingerprint density at radius 2 is 1.92 bits per heavy atom. The molecule has 0 spiro atoms. The van der Waals surface area contributed by atoms with Crippen molar-refractivity contribution in [1.82, 2.24) is 0 Å². The van der Waals surface area contributed by atoms with Crippen molar-refractivity contribution in [3.8, 4) is 0 Å². The average Bonchev–Trinajstić information content (AvgIpc) is 2.32. The molecule has 0 amide bonds. The first-order valence-corrected chi connectivity index (χ1v) is 4.37. The van der Waals surface area contributed by atoms with Gasteiger partial charge in [-0.05, 0) is 36.8 Å². The van der Waals surface area contributed by atoms with E-state index in [1.165, 1.54) is 18.4 Å². The maximum Gasteiger partial charge on any atom is -0.0184 e. The first kappa shape index (κ1) is 12.2. The molecule has 0 saturated heterocycles. The van der Waals surface area contributed by atoms with Crippen LogP contribution >= 0.6 is 0 Å². The van der Waals surface area contributed by atoms with E-state index in [4.69, 9.17) is 0 Å². The Balaban J connectivity index is 0.000000720. The van der Waals surface area contributed by atoms with Crippen LogP contribution in [0.15, 0.2) is 18.2 Å². The second kappa shape index (κ2) is 4.45. The number of rotatable bonds is 0. The van der Waals surface area contributed by atoms with Gasteiger partial charge in [0.15, 0.2) is 0 Å². The normalized spacial score (nSPS) is 18.5. The maximum absolute atomic E-state index is 2.33. The van der Waals surface area contributed by atoms with Gasteiger partial charge in [0.25, 0.3) is 0 Å². The van der Waals surface area contributed by atoms with E-state index in [0.29, 0.717) is 0 Å². The highest BCUT2D eigenvalue weighted by molar-refractivity contribution is 5.37. The van der Waals surface area contributed by atoms with Gasteiger partial charge in [-0.2, -0.15) is 0 Å². The average molecular weight is 178 g/mol. The molecule has 0 heteroatoms. The van der Waals surface area contributed by atoms with Gasteiger partial charge in [0.05, 0.1) is 0 Å². The van der Waals surface area contributed by atoms with Crippen LogP contribution in [0.5, 0.6) is 0 Å². The second-order valence-electron chi connectivity index (χ2n) is 3.64. The molecule has 2 rings (SSSR count). The monoisotopic (exact) mass is 178 g/mol. The largest absolute Gasteiger partial charge is 0.0776 e. The van der Waals surface area contributed by atoms with Crippen molar-refractivity contribution >= 4 is 0 Å². The van der Waals surface area contributed by atoms with Crippen molar-refractivity contribution in [2.24, 2.45) is 0 Å². The maximum atomic E-state index is 2.33. The lowest BCUT2D eigenvalue weighted by atomic mass is 10.0. The van der Waals surface area contributed by atoms with Crippen molar-refractivity contribution in [3.05, 3.63) is 34.9 Å². The zero-order valence-corrected chi connectivity index (χ0v) is 7.22. The molecular weight excluding hydrogens is 156 g/mol. The summed E-state index contributed by atoms with van der Waals surface area (Å²) in [5.41, 5.74) is 4.56. The molecule has 0 aromatic heterocycles. The summed E-state index contributed by atoms with van der Waals surface area (Å²) in [6, 6.07) is 6.85. The molecule has 0 N–H and O–H groups in total. The van der Waals surface area contributed by atoms with Crippen molar-refractivity contribution < 1.29 is 0 Å². The topological polar surface area (TPSA) is 0 Å². The zero-order valence-electron chi connectivity index (χ0n) is 7.22. The van der Waals surface area contributed by atoms with Crippen LogP contribution in [0, 0.1) is 6.92 Å². The number of hydrogen-bond acceptors (Lipinski definition) is 0.